The van der Waals surface area contributed by atoms with Crippen LogP contribution in [0.3, 0.4) is 0 Å². The molecule has 7 rings (SSSR count). The van der Waals surface area contributed by atoms with Crippen LogP contribution in [0.5, 0.6) is 0 Å². The van der Waals surface area contributed by atoms with E-state index >= 15 is 0 Å². The van der Waals surface area contributed by atoms with Crippen molar-refractivity contribution in [3.8, 4) is 33.4 Å². The first-order chi connectivity index (χ1) is 20.9. The molecular formula is C39H36Cl2SiZr. The Bertz CT molecular complexity index is 1870. The van der Waals surface area contributed by atoms with Crippen molar-refractivity contribution in [3.05, 3.63) is 131 Å². The van der Waals surface area contributed by atoms with Gasteiger partial charge < -0.3 is 0 Å². The van der Waals surface area contributed by atoms with Gasteiger partial charge in [0, 0.05) is 0 Å². The van der Waals surface area contributed by atoms with E-state index < -0.39 is 27.4 Å². The van der Waals surface area contributed by atoms with Crippen LogP contribution in [0.4, 0.5) is 0 Å². The topological polar surface area (TPSA) is 0 Å². The molecule has 1 unspecified atom stereocenters. The fourth-order valence-corrected chi connectivity index (χ4v) is 24.3. The van der Waals surface area contributed by atoms with Crippen LogP contribution in [-0.4, -0.2) is 9.52 Å². The Morgan fingerprint density at radius 3 is 2.21 bits per heavy atom. The van der Waals surface area contributed by atoms with Crippen molar-refractivity contribution in [2.45, 2.75) is 43.7 Å². The van der Waals surface area contributed by atoms with Gasteiger partial charge in [0.05, 0.1) is 0 Å². The third-order valence-electron chi connectivity index (χ3n) is 9.28. The van der Waals surface area contributed by atoms with E-state index in [2.05, 4.69) is 130 Å². The van der Waals surface area contributed by atoms with Gasteiger partial charge in [-0.05, 0) is 0 Å². The number of hydrogen-bond donors (Lipinski definition) is 0. The van der Waals surface area contributed by atoms with Crippen molar-refractivity contribution in [1.29, 1.82) is 0 Å². The van der Waals surface area contributed by atoms with E-state index in [0.29, 0.717) is 0 Å². The summed E-state index contributed by atoms with van der Waals surface area (Å²) in [5, 5.41) is 3.00. The van der Waals surface area contributed by atoms with Crippen LogP contribution in [-0.2, 0) is 17.9 Å². The zero-order valence-electron chi connectivity index (χ0n) is 25.1. The minimum atomic E-state index is -4.04. The summed E-state index contributed by atoms with van der Waals surface area (Å²) < 4.78 is 1.40. The maximum atomic E-state index is 7.96. The van der Waals surface area contributed by atoms with Crippen molar-refractivity contribution < 1.29 is 17.9 Å². The van der Waals surface area contributed by atoms with Crippen molar-refractivity contribution in [2.24, 2.45) is 0 Å². The van der Waals surface area contributed by atoms with Gasteiger partial charge in [-0.1, -0.05) is 0 Å². The van der Waals surface area contributed by atoms with E-state index in [1.807, 2.05) is 0 Å². The van der Waals surface area contributed by atoms with Gasteiger partial charge in [0.2, 0.25) is 0 Å². The summed E-state index contributed by atoms with van der Waals surface area (Å²) in [6.07, 6.45) is 5.81. The summed E-state index contributed by atoms with van der Waals surface area (Å²) >= 11 is -4.04. The van der Waals surface area contributed by atoms with Gasteiger partial charge in [-0.2, -0.15) is 0 Å². The molecule has 0 aromatic heterocycles. The molecule has 0 saturated heterocycles. The number of unbranched alkanes of at least 4 members (excludes halogenated alkanes) is 1. The normalized spacial score (nSPS) is 15.7. The number of halogens is 2. The Labute approximate surface area is 270 Å². The van der Waals surface area contributed by atoms with Crippen LogP contribution < -0.4 is 13.6 Å². The van der Waals surface area contributed by atoms with Gasteiger partial charge in [0.15, 0.2) is 0 Å². The van der Waals surface area contributed by atoms with E-state index in [9.17, 15) is 0 Å². The number of aryl methyl sites for hydroxylation is 2. The van der Waals surface area contributed by atoms with Crippen LogP contribution in [0, 0.1) is 13.8 Å². The molecule has 5 aromatic rings. The molecule has 0 saturated carbocycles. The number of fused-ring (bicyclic) bond motifs is 4. The zero-order valence-corrected chi connectivity index (χ0v) is 30.4. The van der Waals surface area contributed by atoms with Gasteiger partial charge in [0.1, 0.15) is 0 Å². The fraction of sp³-hybridized carbons (Fsp3) is 0.179. The standard InChI is InChI=1S/C27H27.C12H9Si.2ClH.Zr/c1-4-5-9-21-17-23-12-13-25(22-10-7-6-8-11-22)27(26(23)18-21)24-15-19(2)14-20(3)16-24;1-3-7-11-9(5-1)10-6-2-4-8-12(10)13-11;;;/h6-8,10-18H,4-5,9H2,1-3H3;1-7H,13H2;2*1H;/q;;;;+2/p-2. The third kappa shape index (κ3) is 5.19. The molecular weight excluding hydrogens is 659 g/mol. The summed E-state index contributed by atoms with van der Waals surface area (Å²) in [4.78, 5) is 0. The first kappa shape index (κ1) is 29.2. The second-order valence-electron chi connectivity index (χ2n) is 12.3. The van der Waals surface area contributed by atoms with E-state index in [1.54, 1.807) is 0 Å². The molecule has 0 nitrogen and oxygen atoms in total. The SMILES string of the molecule is CCCCC1=Cc2c(ccc(-c3ccccc3)c2-c2cc(C)cc(C)c2)[CH]1[Zr]([Cl])([Cl])[c]1cccc2c1[SiH2]c1ccccc1-2. The van der Waals surface area contributed by atoms with E-state index in [1.165, 1.54) is 74.9 Å². The molecule has 43 heavy (non-hydrogen) atoms. The molecule has 1 aliphatic heterocycles. The van der Waals surface area contributed by atoms with Crippen molar-refractivity contribution in [2.75, 3.05) is 0 Å². The molecule has 1 atom stereocenters. The molecule has 1 heterocycles. The summed E-state index contributed by atoms with van der Waals surface area (Å²) in [5.74, 6) is 0. The van der Waals surface area contributed by atoms with Gasteiger partial charge in [-0.25, -0.2) is 0 Å². The van der Waals surface area contributed by atoms with Crippen LogP contribution in [0.2, 0.25) is 0 Å². The van der Waals surface area contributed by atoms with Crippen LogP contribution >= 0.6 is 17.0 Å². The number of rotatable bonds is 7. The first-order valence-corrected chi connectivity index (χ1v) is 25.9. The monoisotopic (exact) mass is 692 g/mol. The van der Waals surface area contributed by atoms with Crippen LogP contribution in [0.1, 0.15) is 52.1 Å². The molecule has 0 amide bonds. The molecule has 1 aliphatic carbocycles. The van der Waals surface area contributed by atoms with E-state index in [0.717, 1.165) is 19.3 Å². The zero-order chi connectivity index (χ0) is 29.7. The van der Waals surface area contributed by atoms with Gasteiger partial charge in [-0.15, -0.1) is 0 Å². The quantitative estimate of drug-likeness (QED) is 0.146. The number of hydrogen-bond acceptors (Lipinski definition) is 0. The van der Waals surface area contributed by atoms with Gasteiger partial charge in [-0.3, -0.25) is 0 Å². The summed E-state index contributed by atoms with van der Waals surface area (Å²) in [6.45, 7) is 6.67. The van der Waals surface area contributed by atoms with Crippen molar-refractivity contribution >= 4 is 46.3 Å². The molecule has 4 heteroatoms. The Kier molecular flexibility index (Phi) is 8.02. The van der Waals surface area contributed by atoms with Crippen LogP contribution in [0.25, 0.3) is 39.5 Å². The Balaban J connectivity index is 1.45. The summed E-state index contributed by atoms with van der Waals surface area (Å²) in [5.41, 5.74) is 14.5. The van der Waals surface area contributed by atoms with E-state index in [4.69, 9.17) is 17.0 Å². The molecule has 0 spiro atoms. The second kappa shape index (κ2) is 11.8. The summed E-state index contributed by atoms with van der Waals surface area (Å²) in [7, 11) is 15.3. The maximum absolute atomic E-state index is 7.96. The summed E-state index contributed by atoms with van der Waals surface area (Å²) in [6, 6.07) is 38.1. The third-order valence-corrected chi connectivity index (χ3v) is 23.6. The Hall–Kier alpha value is -2.48. The van der Waals surface area contributed by atoms with Gasteiger partial charge >= 0.3 is 272 Å². The molecule has 5 aromatic carbocycles. The molecule has 0 bridgehead atoms. The fourth-order valence-electron chi connectivity index (χ4n) is 7.45. The molecule has 0 fully saturated rings. The average Bonchev–Trinajstić information content (AvgIpc) is 3.58. The van der Waals surface area contributed by atoms with E-state index in [-0.39, 0.29) is 3.63 Å². The molecule has 2 aliphatic rings. The molecule has 0 radical (unpaired) electrons. The second-order valence-corrected chi connectivity index (χ2v) is 28.1. The average molecular weight is 695 g/mol. The van der Waals surface area contributed by atoms with Gasteiger partial charge in [0.25, 0.3) is 0 Å². The number of allylic oxidation sites excluding steroid dienone is 1. The Morgan fingerprint density at radius 2 is 1.44 bits per heavy atom. The number of benzene rings is 5. The predicted octanol–water partition coefficient (Wildman–Crippen LogP) is 9.15. The van der Waals surface area contributed by atoms with Crippen molar-refractivity contribution in [1.82, 2.24) is 0 Å². The van der Waals surface area contributed by atoms with Crippen LogP contribution in [0.15, 0.2) is 109 Å². The molecule has 0 N–H and O–H groups in total. The first-order valence-electron chi connectivity index (χ1n) is 15.5. The van der Waals surface area contributed by atoms with Crippen molar-refractivity contribution in [3.63, 3.8) is 0 Å². The predicted molar refractivity (Wildman–Crippen MR) is 188 cm³/mol. The Morgan fingerprint density at radius 1 is 0.721 bits per heavy atom. The minimum absolute atomic E-state index is 0.0953. The molecule has 214 valence electrons.